The SMILES string of the molecule is CC1CCCN(S(=O)(=O)c2cc(CO)oc2Br)C1. The molecule has 1 fully saturated rings. The molecule has 0 aromatic carbocycles. The van der Waals surface area contributed by atoms with Crippen molar-refractivity contribution in [2.75, 3.05) is 13.1 Å². The van der Waals surface area contributed by atoms with Crippen molar-refractivity contribution in [3.8, 4) is 0 Å². The van der Waals surface area contributed by atoms with E-state index >= 15 is 0 Å². The molecule has 18 heavy (non-hydrogen) atoms. The van der Waals surface area contributed by atoms with Crippen LogP contribution < -0.4 is 0 Å². The quantitative estimate of drug-likeness (QED) is 0.915. The lowest BCUT2D eigenvalue weighted by Crippen LogP contribution is -2.39. The number of aliphatic hydroxyl groups excluding tert-OH is 1. The monoisotopic (exact) mass is 337 g/mol. The van der Waals surface area contributed by atoms with Crippen molar-refractivity contribution < 1.29 is 17.9 Å². The Hall–Kier alpha value is -0.370. The van der Waals surface area contributed by atoms with Crippen LogP contribution in [0.2, 0.25) is 0 Å². The molecule has 102 valence electrons. The molecule has 0 amide bonds. The van der Waals surface area contributed by atoms with Gasteiger partial charge in [0.1, 0.15) is 17.3 Å². The van der Waals surface area contributed by atoms with Gasteiger partial charge in [-0.15, -0.1) is 0 Å². The van der Waals surface area contributed by atoms with Crippen molar-refractivity contribution in [3.63, 3.8) is 0 Å². The molecule has 5 nitrogen and oxygen atoms in total. The zero-order valence-electron chi connectivity index (χ0n) is 10.1. The van der Waals surface area contributed by atoms with E-state index in [9.17, 15) is 8.42 Å². The maximum Gasteiger partial charge on any atom is 0.247 e. The van der Waals surface area contributed by atoms with Gasteiger partial charge in [0.25, 0.3) is 0 Å². The number of rotatable bonds is 3. The molecule has 1 aromatic heterocycles. The van der Waals surface area contributed by atoms with E-state index in [1.54, 1.807) is 0 Å². The van der Waals surface area contributed by atoms with Crippen LogP contribution in [0.3, 0.4) is 0 Å². The third-order valence-electron chi connectivity index (χ3n) is 3.10. The van der Waals surface area contributed by atoms with Crippen LogP contribution in [0, 0.1) is 5.92 Å². The molecule has 1 aliphatic rings. The van der Waals surface area contributed by atoms with E-state index in [0.717, 1.165) is 12.8 Å². The summed E-state index contributed by atoms with van der Waals surface area (Å²) in [7, 11) is -3.53. The largest absolute Gasteiger partial charge is 0.450 e. The van der Waals surface area contributed by atoms with Crippen molar-refractivity contribution in [1.29, 1.82) is 0 Å². The van der Waals surface area contributed by atoms with Crippen LogP contribution >= 0.6 is 15.9 Å². The van der Waals surface area contributed by atoms with Gasteiger partial charge in [-0.2, -0.15) is 4.31 Å². The predicted octanol–water partition coefficient (Wildman–Crippen LogP) is 1.96. The summed E-state index contributed by atoms with van der Waals surface area (Å²) in [6.45, 7) is 2.81. The first-order chi connectivity index (χ1) is 8.45. The Labute approximate surface area is 115 Å². The van der Waals surface area contributed by atoms with Gasteiger partial charge in [0, 0.05) is 19.2 Å². The second kappa shape index (κ2) is 5.32. The molecule has 1 N–H and O–H groups in total. The summed E-state index contributed by atoms with van der Waals surface area (Å²) in [5, 5.41) is 8.97. The summed E-state index contributed by atoms with van der Waals surface area (Å²) >= 11 is 3.09. The van der Waals surface area contributed by atoms with E-state index in [0.29, 0.717) is 19.0 Å². The van der Waals surface area contributed by atoms with Gasteiger partial charge in [0.05, 0.1) is 0 Å². The van der Waals surface area contributed by atoms with Crippen molar-refractivity contribution in [2.45, 2.75) is 31.3 Å². The van der Waals surface area contributed by atoms with E-state index in [1.807, 2.05) is 6.92 Å². The van der Waals surface area contributed by atoms with Crippen molar-refractivity contribution >= 4 is 26.0 Å². The average Bonchev–Trinajstić information content (AvgIpc) is 2.71. The fourth-order valence-electron chi connectivity index (χ4n) is 2.16. The van der Waals surface area contributed by atoms with Crippen LogP contribution in [0.25, 0.3) is 0 Å². The molecule has 0 spiro atoms. The van der Waals surface area contributed by atoms with E-state index in [2.05, 4.69) is 15.9 Å². The van der Waals surface area contributed by atoms with Gasteiger partial charge in [-0.25, -0.2) is 8.42 Å². The topological polar surface area (TPSA) is 70.8 Å². The summed E-state index contributed by atoms with van der Waals surface area (Å²) in [6, 6.07) is 1.37. The van der Waals surface area contributed by atoms with Crippen LogP contribution in [0.15, 0.2) is 20.0 Å². The molecule has 0 aliphatic carbocycles. The zero-order chi connectivity index (χ0) is 13.3. The van der Waals surface area contributed by atoms with E-state index < -0.39 is 10.0 Å². The van der Waals surface area contributed by atoms with Gasteiger partial charge in [0.15, 0.2) is 4.67 Å². The maximum absolute atomic E-state index is 12.4. The summed E-state index contributed by atoms with van der Waals surface area (Å²) in [5.74, 6) is 0.613. The molecule has 7 heteroatoms. The first-order valence-corrected chi connectivity index (χ1v) is 8.07. The minimum Gasteiger partial charge on any atom is -0.450 e. The van der Waals surface area contributed by atoms with Gasteiger partial charge >= 0.3 is 0 Å². The molecule has 2 rings (SSSR count). The van der Waals surface area contributed by atoms with Crippen LogP contribution in [-0.4, -0.2) is 30.9 Å². The third-order valence-corrected chi connectivity index (χ3v) is 5.82. The van der Waals surface area contributed by atoms with Crippen molar-refractivity contribution in [1.82, 2.24) is 4.31 Å². The van der Waals surface area contributed by atoms with E-state index in [4.69, 9.17) is 9.52 Å². The number of sulfonamides is 1. The highest BCUT2D eigenvalue weighted by Gasteiger charge is 2.32. The summed E-state index contributed by atoms with van der Waals surface area (Å²) in [4.78, 5) is 0.0978. The lowest BCUT2D eigenvalue weighted by atomic mass is 10.0. The molecule has 0 radical (unpaired) electrons. The van der Waals surface area contributed by atoms with Gasteiger partial charge < -0.3 is 9.52 Å². The number of nitrogens with zero attached hydrogens (tertiary/aromatic N) is 1. The second-order valence-corrected chi connectivity index (χ2v) is 7.25. The number of halogens is 1. The molecule has 2 heterocycles. The molecular weight excluding hydrogens is 322 g/mol. The number of furan rings is 1. The van der Waals surface area contributed by atoms with Gasteiger partial charge in [-0.3, -0.25) is 0 Å². The highest BCUT2D eigenvalue weighted by atomic mass is 79.9. The normalized spacial score (nSPS) is 22.3. The first-order valence-electron chi connectivity index (χ1n) is 5.84. The average molecular weight is 338 g/mol. The van der Waals surface area contributed by atoms with Gasteiger partial charge in [-0.05, 0) is 34.7 Å². The molecule has 1 unspecified atom stereocenters. The number of aliphatic hydroxyl groups is 1. The minimum atomic E-state index is -3.53. The molecule has 1 atom stereocenters. The fraction of sp³-hybridized carbons (Fsp3) is 0.636. The maximum atomic E-state index is 12.4. The lowest BCUT2D eigenvalue weighted by molar-refractivity contribution is 0.245. The standard InChI is InChI=1S/C11H16BrNO4S/c1-8-3-2-4-13(6-8)18(15,16)10-5-9(7-14)17-11(10)12/h5,8,14H,2-4,6-7H2,1H3. The molecule has 1 aliphatic heterocycles. The summed E-state index contributed by atoms with van der Waals surface area (Å²) < 4.78 is 31.6. The Bertz CT molecular complexity index is 525. The van der Waals surface area contributed by atoms with Crippen molar-refractivity contribution in [2.24, 2.45) is 5.92 Å². The molecular formula is C11H16BrNO4S. The molecule has 0 bridgehead atoms. The summed E-state index contributed by atoms with van der Waals surface area (Å²) in [5.41, 5.74) is 0. The predicted molar refractivity (Wildman–Crippen MR) is 69.5 cm³/mol. The Morgan fingerprint density at radius 1 is 1.61 bits per heavy atom. The zero-order valence-corrected chi connectivity index (χ0v) is 12.5. The fourth-order valence-corrected chi connectivity index (χ4v) is 4.71. The Kier molecular flexibility index (Phi) is 4.15. The number of hydrogen-bond acceptors (Lipinski definition) is 4. The number of piperidine rings is 1. The van der Waals surface area contributed by atoms with Crippen LogP contribution in [0.5, 0.6) is 0 Å². The van der Waals surface area contributed by atoms with Gasteiger partial charge in [-0.1, -0.05) is 6.92 Å². The van der Waals surface area contributed by atoms with Crippen LogP contribution in [0.4, 0.5) is 0 Å². The molecule has 1 aromatic rings. The highest BCUT2D eigenvalue weighted by Crippen LogP contribution is 2.31. The third kappa shape index (κ3) is 2.64. The van der Waals surface area contributed by atoms with Crippen molar-refractivity contribution in [3.05, 3.63) is 16.5 Å². The Balaban J connectivity index is 2.32. The second-order valence-electron chi connectivity index (χ2n) is 4.62. The smallest absolute Gasteiger partial charge is 0.247 e. The Morgan fingerprint density at radius 3 is 2.89 bits per heavy atom. The van der Waals surface area contributed by atoms with E-state index in [1.165, 1.54) is 10.4 Å². The minimum absolute atomic E-state index is 0.0978. The molecule has 1 saturated heterocycles. The Morgan fingerprint density at radius 2 is 2.33 bits per heavy atom. The van der Waals surface area contributed by atoms with Crippen LogP contribution in [-0.2, 0) is 16.6 Å². The lowest BCUT2D eigenvalue weighted by Gasteiger charge is -2.29. The summed E-state index contributed by atoms with van der Waals surface area (Å²) in [6.07, 6.45) is 1.93. The van der Waals surface area contributed by atoms with E-state index in [-0.39, 0.29) is 21.9 Å². The molecule has 0 saturated carbocycles. The highest BCUT2D eigenvalue weighted by molar-refractivity contribution is 9.10. The first kappa shape index (κ1) is 14.0. The van der Waals surface area contributed by atoms with Gasteiger partial charge in [0.2, 0.25) is 10.0 Å². The van der Waals surface area contributed by atoms with Crippen LogP contribution in [0.1, 0.15) is 25.5 Å². The number of hydrogen-bond donors (Lipinski definition) is 1.